The van der Waals surface area contributed by atoms with Crippen LogP contribution in [-0.2, 0) is 13.1 Å². The molecular weight excluding hydrogens is 348 g/mol. The van der Waals surface area contributed by atoms with E-state index in [1.54, 1.807) is 6.20 Å². The molecule has 0 aliphatic carbocycles. The SMILES string of the molecule is Brc1ccc(CNCCn2ccnn2)cc1Br. The number of benzene rings is 1. The van der Waals surface area contributed by atoms with Gasteiger partial charge in [-0.25, -0.2) is 0 Å². The highest BCUT2D eigenvalue weighted by molar-refractivity contribution is 9.13. The minimum atomic E-state index is 0.831. The molecule has 2 aromatic rings. The Balaban J connectivity index is 1.76. The Morgan fingerprint density at radius 3 is 2.82 bits per heavy atom. The Labute approximate surface area is 117 Å². The van der Waals surface area contributed by atoms with Crippen LogP contribution in [-0.4, -0.2) is 21.5 Å². The van der Waals surface area contributed by atoms with Gasteiger partial charge in [-0.3, -0.25) is 4.68 Å². The molecule has 0 bridgehead atoms. The van der Waals surface area contributed by atoms with Crippen molar-refractivity contribution in [3.8, 4) is 0 Å². The largest absolute Gasteiger partial charge is 0.311 e. The van der Waals surface area contributed by atoms with Crippen LogP contribution < -0.4 is 5.32 Å². The zero-order chi connectivity index (χ0) is 12.1. The normalized spacial score (nSPS) is 10.7. The topological polar surface area (TPSA) is 42.7 Å². The predicted molar refractivity (Wildman–Crippen MR) is 73.6 cm³/mol. The van der Waals surface area contributed by atoms with Gasteiger partial charge in [-0.05, 0) is 49.6 Å². The van der Waals surface area contributed by atoms with E-state index in [2.05, 4.69) is 59.6 Å². The summed E-state index contributed by atoms with van der Waals surface area (Å²) in [6.07, 6.45) is 3.55. The van der Waals surface area contributed by atoms with Crippen LogP contribution in [0.15, 0.2) is 39.5 Å². The molecule has 4 nitrogen and oxygen atoms in total. The maximum Gasteiger partial charge on any atom is 0.0692 e. The van der Waals surface area contributed by atoms with Crippen molar-refractivity contribution < 1.29 is 0 Å². The summed E-state index contributed by atoms with van der Waals surface area (Å²) < 4.78 is 3.96. The van der Waals surface area contributed by atoms with Crippen LogP contribution in [0.4, 0.5) is 0 Å². The zero-order valence-corrected chi connectivity index (χ0v) is 12.3. The van der Waals surface area contributed by atoms with Gasteiger partial charge in [-0.15, -0.1) is 5.10 Å². The number of hydrogen-bond donors (Lipinski definition) is 1. The van der Waals surface area contributed by atoms with E-state index in [-0.39, 0.29) is 0 Å². The first kappa shape index (κ1) is 12.7. The van der Waals surface area contributed by atoms with Gasteiger partial charge in [0.2, 0.25) is 0 Å². The summed E-state index contributed by atoms with van der Waals surface area (Å²) in [6, 6.07) is 6.24. The highest BCUT2D eigenvalue weighted by atomic mass is 79.9. The summed E-state index contributed by atoms with van der Waals surface area (Å²) in [7, 11) is 0. The van der Waals surface area contributed by atoms with E-state index in [1.807, 2.05) is 16.9 Å². The molecule has 6 heteroatoms. The van der Waals surface area contributed by atoms with Crippen LogP contribution in [0.1, 0.15) is 5.56 Å². The fourth-order valence-corrected chi connectivity index (χ4v) is 2.10. The first-order valence-corrected chi connectivity index (χ1v) is 6.83. The summed E-state index contributed by atoms with van der Waals surface area (Å²) in [4.78, 5) is 0. The zero-order valence-electron chi connectivity index (χ0n) is 9.11. The maximum atomic E-state index is 3.90. The van der Waals surface area contributed by atoms with Gasteiger partial charge >= 0.3 is 0 Å². The van der Waals surface area contributed by atoms with Gasteiger partial charge in [0.1, 0.15) is 0 Å². The summed E-state index contributed by atoms with van der Waals surface area (Å²) in [5.41, 5.74) is 1.25. The second kappa shape index (κ2) is 6.28. The lowest BCUT2D eigenvalue weighted by Crippen LogP contribution is -2.19. The first-order chi connectivity index (χ1) is 8.25. The van der Waals surface area contributed by atoms with Crippen LogP contribution in [0.5, 0.6) is 0 Å². The Kier molecular flexibility index (Phi) is 4.70. The van der Waals surface area contributed by atoms with E-state index < -0.39 is 0 Å². The molecule has 17 heavy (non-hydrogen) atoms. The van der Waals surface area contributed by atoms with Crippen LogP contribution in [0.3, 0.4) is 0 Å². The lowest BCUT2D eigenvalue weighted by molar-refractivity contribution is 0.540. The molecule has 1 aromatic carbocycles. The van der Waals surface area contributed by atoms with Gasteiger partial charge in [0.25, 0.3) is 0 Å². The molecule has 90 valence electrons. The molecule has 0 fully saturated rings. The van der Waals surface area contributed by atoms with Crippen LogP contribution in [0, 0.1) is 0 Å². The molecule has 0 amide bonds. The fourth-order valence-electron chi connectivity index (χ4n) is 1.43. The quantitative estimate of drug-likeness (QED) is 0.834. The number of halogens is 2. The molecule has 0 atom stereocenters. The van der Waals surface area contributed by atoms with E-state index in [0.29, 0.717) is 0 Å². The minimum Gasteiger partial charge on any atom is -0.311 e. The van der Waals surface area contributed by atoms with Crippen molar-refractivity contribution >= 4 is 31.9 Å². The van der Waals surface area contributed by atoms with Crippen molar-refractivity contribution in [3.63, 3.8) is 0 Å². The first-order valence-electron chi connectivity index (χ1n) is 5.24. The van der Waals surface area contributed by atoms with Gasteiger partial charge in [-0.1, -0.05) is 11.3 Å². The van der Waals surface area contributed by atoms with Crippen molar-refractivity contribution in [2.24, 2.45) is 0 Å². The van der Waals surface area contributed by atoms with Crippen LogP contribution in [0.25, 0.3) is 0 Å². The summed E-state index contributed by atoms with van der Waals surface area (Å²) in [6.45, 7) is 2.55. The smallest absolute Gasteiger partial charge is 0.0692 e. The molecule has 0 unspecified atom stereocenters. The Morgan fingerprint density at radius 1 is 1.24 bits per heavy atom. The third-order valence-electron chi connectivity index (χ3n) is 2.30. The van der Waals surface area contributed by atoms with Crippen LogP contribution in [0.2, 0.25) is 0 Å². The molecule has 1 aromatic heterocycles. The monoisotopic (exact) mass is 358 g/mol. The lowest BCUT2D eigenvalue weighted by atomic mass is 10.2. The number of nitrogens with one attached hydrogen (secondary N) is 1. The number of rotatable bonds is 5. The Bertz CT molecular complexity index is 470. The average molecular weight is 360 g/mol. The Morgan fingerprint density at radius 2 is 2.12 bits per heavy atom. The van der Waals surface area contributed by atoms with Gasteiger partial charge in [0.15, 0.2) is 0 Å². The highest BCUT2D eigenvalue weighted by Gasteiger charge is 1.98. The molecule has 0 spiro atoms. The fraction of sp³-hybridized carbons (Fsp3) is 0.273. The van der Waals surface area contributed by atoms with Crippen molar-refractivity contribution in [2.45, 2.75) is 13.1 Å². The van der Waals surface area contributed by atoms with E-state index >= 15 is 0 Å². The van der Waals surface area contributed by atoms with Gasteiger partial charge in [0.05, 0.1) is 12.7 Å². The predicted octanol–water partition coefficient (Wildman–Crippen LogP) is 2.59. The van der Waals surface area contributed by atoms with Crippen molar-refractivity contribution in [1.29, 1.82) is 0 Å². The molecule has 2 rings (SSSR count). The molecule has 1 N–H and O–H groups in total. The van der Waals surface area contributed by atoms with Crippen molar-refractivity contribution in [2.75, 3.05) is 6.54 Å². The van der Waals surface area contributed by atoms with E-state index in [1.165, 1.54) is 5.56 Å². The van der Waals surface area contributed by atoms with Crippen molar-refractivity contribution in [1.82, 2.24) is 20.3 Å². The molecule has 0 aliphatic rings. The molecule has 0 aliphatic heterocycles. The van der Waals surface area contributed by atoms with Crippen molar-refractivity contribution in [3.05, 3.63) is 45.1 Å². The second-order valence-electron chi connectivity index (χ2n) is 3.59. The second-order valence-corrected chi connectivity index (χ2v) is 5.30. The Hall–Kier alpha value is -0.720. The van der Waals surface area contributed by atoms with Gasteiger partial charge in [-0.2, -0.15) is 0 Å². The maximum absolute atomic E-state index is 3.90. The number of nitrogens with zero attached hydrogens (tertiary/aromatic N) is 3. The minimum absolute atomic E-state index is 0.831. The molecular formula is C11H12Br2N4. The summed E-state index contributed by atoms with van der Waals surface area (Å²) in [5.74, 6) is 0. The third kappa shape index (κ3) is 3.90. The third-order valence-corrected chi connectivity index (χ3v) is 4.18. The van der Waals surface area contributed by atoms with Gasteiger partial charge in [0, 0.05) is 28.2 Å². The van der Waals surface area contributed by atoms with E-state index in [4.69, 9.17) is 0 Å². The number of aromatic nitrogens is 3. The van der Waals surface area contributed by atoms with E-state index in [0.717, 1.165) is 28.6 Å². The average Bonchev–Trinajstić information content (AvgIpc) is 2.82. The molecule has 1 heterocycles. The molecule has 0 radical (unpaired) electrons. The molecule has 0 saturated heterocycles. The van der Waals surface area contributed by atoms with Crippen LogP contribution >= 0.6 is 31.9 Å². The standard InChI is InChI=1S/C11H12Br2N4/c12-10-2-1-9(7-11(10)13)8-14-3-5-17-6-4-15-16-17/h1-2,4,6-7,14H,3,5,8H2. The lowest BCUT2D eigenvalue weighted by Gasteiger charge is -2.06. The summed E-state index contributed by atoms with van der Waals surface area (Å²) in [5, 5.41) is 11.0. The highest BCUT2D eigenvalue weighted by Crippen LogP contribution is 2.23. The summed E-state index contributed by atoms with van der Waals surface area (Å²) >= 11 is 6.94. The van der Waals surface area contributed by atoms with E-state index in [9.17, 15) is 0 Å². The van der Waals surface area contributed by atoms with Gasteiger partial charge < -0.3 is 5.32 Å². The molecule has 0 saturated carbocycles. The number of hydrogen-bond acceptors (Lipinski definition) is 3.